The van der Waals surface area contributed by atoms with Gasteiger partial charge in [-0.2, -0.15) is 4.37 Å². The number of esters is 1. The highest BCUT2D eigenvalue weighted by Gasteiger charge is 2.17. The first-order valence-electron chi connectivity index (χ1n) is 11.1. The summed E-state index contributed by atoms with van der Waals surface area (Å²) in [5, 5.41) is 5.32. The number of aryl methyl sites for hydroxylation is 1. The number of halogens is 1. The van der Waals surface area contributed by atoms with E-state index in [1.807, 2.05) is 54.6 Å². The van der Waals surface area contributed by atoms with Gasteiger partial charge in [-0.1, -0.05) is 60.0 Å². The van der Waals surface area contributed by atoms with Gasteiger partial charge in [-0.15, -0.1) is 0 Å². The predicted molar refractivity (Wildman–Crippen MR) is 142 cm³/mol. The quantitative estimate of drug-likeness (QED) is 0.235. The molecule has 0 bridgehead atoms. The van der Waals surface area contributed by atoms with Crippen molar-refractivity contribution in [1.29, 1.82) is 0 Å². The maximum absolute atomic E-state index is 12.6. The summed E-state index contributed by atoms with van der Waals surface area (Å²) in [4.78, 5) is 24.7. The first-order chi connectivity index (χ1) is 17.3. The zero-order valence-electron chi connectivity index (χ0n) is 19.9. The summed E-state index contributed by atoms with van der Waals surface area (Å²) in [5.74, 6) is 5.99. The Kier molecular flexibility index (Phi) is 7.89. The zero-order valence-corrected chi connectivity index (χ0v) is 21.5. The van der Waals surface area contributed by atoms with E-state index in [4.69, 9.17) is 21.1 Å². The molecule has 36 heavy (non-hydrogen) atoms. The van der Waals surface area contributed by atoms with Gasteiger partial charge in [0, 0.05) is 16.1 Å². The highest BCUT2D eigenvalue weighted by Crippen LogP contribution is 2.27. The lowest BCUT2D eigenvalue weighted by atomic mass is 10.0. The minimum Gasteiger partial charge on any atom is -0.469 e. The smallest absolute Gasteiger partial charge is 0.412 e. The number of hydrogen-bond acceptors (Lipinski definition) is 6. The number of anilines is 1. The van der Waals surface area contributed by atoms with E-state index >= 15 is 0 Å². The van der Waals surface area contributed by atoms with Crippen molar-refractivity contribution in [1.82, 2.24) is 4.37 Å². The van der Waals surface area contributed by atoms with Crippen LogP contribution in [0.5, 0.6) is 0 Å². The molecular weight excluding hydrogens is 496 g/mol. The molecule has 4 aromatic rings. The van der Waals surface area contributed by atoms with Crippen molar-refractivity contribution in [3.05, 3.63) is 92.9 Å². The summed E-state index contributed by atoms with van der Waals surface area (Å²) < 4.78 is 14.6. The average Bonchev–Trinajstić information content (AvgIpc) is 3.21. The fourth-order valence-corrected chi connectivity index (χ4v) is 4.61. The molecule has 0 aliphatic carbocycles. The van der Waals surface area contributed by atoms with E-state index < -0.39 is 12.2 Å². The van der Waals surface area contributed by atoms with Crippen LogP contribution in [0, 0.1) is 18.8 Å². The van der Waals surface area contributed by atoms with Crippen LogP contribution in [0.2, 0.25) is 5.02 Å². The topological polar surface area (TPSA) is 77.5 Å². The number of amides is 1. The van der Waals surface area contributed by atoms with Crippen LogP contribution in [0.25, 0.3) is 10.8 Å². The molecule has 6 nitrogen and oxygen atoms in total. The van der Waals surface area contributed by atoms with Gasteiger partial charge in [0.1, 0.15) is 11.0 Å². The van der Waals surface area contributed by atoms with Crippen LogP contribution < -0.4 is 5.32 Å². The molecule has 1 N–H and O–H groups in total. The molecule has 0 saturated heterocycles. The maximum atomic E-state index is 12.6. The molecule has 0 unspecified atom stereocenters. The first kappa shape index (κ1) is 25.2. The molecule has 0 radical (unpaired) electrons. The van der Waals surface area contributed by atoms with Crippen molar-refractivity contribution >= 4 is 51.7 Å². The van der Waals surface area contributed by atoms with E-state index in [0.717, 1.165) is 27.5 Å². The van der Waals surface area contributed by atoms with Gasteiger partial charge in [0.15, 0.2) is 0 Å². The van der Waals surface area contributed by atoms with E-state index in [2.05, 4.69) is 21.5 Å². The molecule has 1 aromatic heterocycles. The number of fused-ring (bicyclic) bond motifs is 1. The van der Waals surface area contributed by atoms with Crippen molar-refractivity contribution in [3.8, 4) is 11.8 Å². The molecule has 0 aliphatic rings. The maximum Gasteiger partial charge on any atom is 0.412 e. The second-order valence-corrected chi connectivity index (χ2v) is 9.25. The lowest BCUT2D eigenvalue weighted by molar-refractivity contribution is -0.139. The van der Waals surface area contributed by atoms with Gasteiger partial charge in [-0.25, -0.2) is 4.79 Å². The van der Waals surface area contributed by atoms with Crippen LogP contribution in [0.3, 0.4) is 0 Å². The van der Waals surface area contributed by atoms with Crippen LogP contribution in [-0.4, -0.2) is 23.5 Å². The minimum absolute atomic E-state index is 0.230. The Labute approximate surface area is 218 Å². The number of ether oxygens (including phenoxy) is 2. The van der Waals surface area contributed by atoms with Crippen molar-refractivity contribution in [2.45, 2.75) is 26.4 Å². The Hall–Kier alpha value is -3.86. The van der Waals surface area contributed by atoms with Crippen LogP contribution in [0.4, 0.5) is 10.5 Å². The van der Waals surface area contributed by atoms with Gasteiger partial charge in [-0.05, 0) is 65.8 Å². The Morgan fingerprint density at radius 1 is 1.08 bits per heavy atom. The Morgan fingerprint density at radius 3 is 2.61 bits per heavy atom. The fraction of sp³-hybridized carbons (Fsp3) is 0.179. The van der Waals surface area contributed by atoms with Gasteiger partial charge < -0.3 is 9.47 Å². The number of carbonyl (C=O) groups is 2. The molecule has 1 heterocycles. The van der Waals surface area contributed by atoms with Crippen molar-refractivity contribution in [2.24, 2.45) is 0 Å². The molecule has 1 atom stereocenters. The largest absolute Gasteiger partial charge is 0.469 e. The van der Waals surface area contributed by atoms with Gasteiger partial charge in [0.2, 0.25) is 0 Å². The van der Waals surface area contributed by atoms with Gasteiger partial charge in [0.05, 0.1) is 24.9 Å². The highest BCUT2D eigenvalue weighted by molar-refractivity contribution is 7.07. The third-order valence-electron chi connectivity index (χ3n) is 5.52. The Morgan fingerprint density at radius 2 is 1.83 bits per heavy atom. The molecular formula is C28H23ClN2O4S. The molecule has 1 amide bonds. The van der Waals surface area contributed by atoms with Crippen LogP contribution >= 0.6 is 23.1 Å². The second-order valence-electron chi connectivity index (χ2n) is 8.07. The fourth-order valence-electron chi connectivity index (χ4n) is 3.61. The number of nitrogens with zero attached hydrogens (tertiary/aromatic N) is 1. The van der Waals surface area contributed by atoms with Gasteiger partial charge >= 0.3 is 12.1 Å². The molecule has 4 rings (SSSR count). The standard InChI is InChI=1S/C28H23ClN2O4S/c1-17-27(30-28(33)35-18(2)23-6-4-5-7-24(23)29)25(36-31-17)13-10-19-8-11-22-15-20(16-26(32)34-3)9-12-21(22)14-19/h4-9,11-12,14-15,18H,16H2,1-3H3,(H,30,33)/t18-/m1/s1. The summed E-state index contributed by atoms with van der Waals surface area (Å²) >= 11 is 7.42. The van der Waals surface area contributed by atoms with E-state index in [-0.39, 0.29) is 12.4 Å². The Bertz CT molecular complexity index is 1500. The number of carbonyl (C=O) groups excluding carboxylic acids is 2. The number of rotatable bonds is 5. The third kappa shape index (κ3) is 6.03. The number of benzene rings is 3. The zero-order chi connectivity index (χ0) is 25.7. The summed E-state index contributed by atoms with van der Waals surface area (Å²) in [7, 11) is 1.38. The monoisotopic (exact) mass is 518 g/mol. The first-order valence-corrected chi connectivity index (χ1v) is 12.3. The van der Waals surface area contributed by atoms with Crippen molar-refractivity contribution < 1.29 is 19.1 Å². The Balaban J connectivity index is 1.49. The molecule has 3 aromatic carbocycles. The minimum atomic E-state index is -0.609. The van der Waals surface area contributed by atoms with Crippen LogP contribution in [0.15, 0.2) is 60.7 Å². The molecule has 0 spiro atoms. The molecule has 0 saturated carbocycles. The van der Waals surface area contributed by atoms with Crippen LogP contribution in [-0.2, 0) is 20.7 Å². The number of methoxy groups -OCH3 is 1. The summed E-state index contributed by atoms with van der Waals surface area (Å²) in [6.07, 6.45) is -0.901. The van der Waals surface area contributed by atoms with Crippen LogP contribution in [0.1, 0.15) is 40.3 Å². The van der Waals surface area contributed by atoms with E-state index in [1.54, 1.807) is 19.9 Å². The van der Waals surface area contributed by atoms with Gasteiger partial charge in [0.25, 0.3) is 0 Å². The third-order valence-corrected chi connectivity index (χ3v) is 6.72. The number of nitrogens with one attached hydrogen (secondary N) is 1. The van der Waals surface area contributed by atoms with Crippen molar-refractivity contribution in [2.75, 3.05) is 12.4 Å². The second kappa shape index (κ2) is 11.3. The molecule has 0 aliphatic heterocycles. The van der Waals surface area contributed by atoms with Crippen molar-refractivity contribution in [3.63, 3.8) is 0 Å². The lowest BCUT2D eigenvalue weighted by Gasteiger charge is -2.15. The van der Waals surface area contributed by atoms with E-state index in [1.165, 1.54) is 18.6 Å². The lowest BCUT2D eigenvalue weighted by Crippen LogP contribution is -2.17. The summed E-state index contributed by atoms with van der Waals surface area (Å²) in [6.45, 7) is 3.56. The average molecular weight is 519 g/mol. The van der Waals surface area contributed by atoms with E-state index in [9.17, 15) is 9.59 Å². The molecule has 0 fully saturated rings. The molecule has 182 valence electrons. The summed E-state index contributed by atoms with van der Waals surface area (Å²) in [6, 6.07) is 18.9. The number of hydrogen-bond donors (Lipinski definition) is 1. The molecule has 8 heteroatoms. The SMILES string of the molecule is COC(=O)Cc1ccc2cc(C#Cc3snc(C)c3NC(=O)O[C@H](C)c3ccccc3Cl)ccc2c1. The summed E-state index contributed by atoms with van der Waals surface area (Å²) in [5.41, 5.74) is 3.61. The highest BCUT2D eigenvalue weighted by atomic mass is 35.5. The normalized spacial score (nSPS) is 11.3. The van der Waals surface area contributed by atoms with Gasteiger partial charge in [-0.3, -0.25) is 10.1 Å². The predicted octanol–water partition coefficient (Wildman–Crippen LogP) is 6.68. The van der Waals surface area contributed by atoms with E-state index in [0.29, 0.717) is 21.3 Å². The number of aromatic nitrogens is 1.